The molecule has 2 aromatic carbocycles. The van der Waals surface area contributed by atoms with Crippen LogP contribution in [0.25, 0.3) is 10.9 Å². The minimum Gasteiger partial charge on any atom is -0.487 e. The highest BCUT2D eigenvalue weighted by atomic mass is 35.5. The molecule has 1 atom stereocenters. The van der Waals surface area contributed by atoms with E-state index in [1.807, 2.05) is 31.2 Å². The standard InChI is InChI=1S/C29H34Cl2N6O4S/c1-18-7-8-20-4-2-6-24(27(20)35-18)41-17-21-22(30)9-10-25(26(21)31)42(39,40)37-13-3-5-23(37)28(38)34-16-19-11-14-36(15-12-19)29(32)33/h2,4,6-10,19,23H,3,5,11-17H2,1H3,(H3,32,33)(H,34,38)/t23-/m0/s1. The number of sulfonamides is 1. The highest BCUT2D eigenvalue weighted by Gasteiger charge is 2.41. The molecule has 2 fully saturated rings. The van der Waals surface area contributed by atoms with Crippen molar-refractivity contribution < 1.29 is 17.9 Å². The first kappa shape index (κ1) is 30.3. The first-order valence-corrected chi connectivity index (χ1v) is 16.1. The molecule has 0 radical (unpaired) electrons. The quantitative estimate of drug-likeness (QED) is 0.248. The highest BCUT2D eigenvalue weighted by Crippen LogP contribution is 2.36. The van der Waals surface area contributed by atoms with Crippen LogP contribution in [0.1, 0.15) is 36.9 Å². The van der Waals surface area contributed by atoms with Gasteiger partial charge in [0.05, 0.1) is 5.02 Å². The van der Waals surface area contributed by atoms with E-state index in [0.29, 0.717) is 49.3 Å². The molecule has 10 nitrogen and oxygen atoms in total. The molecular weight excluding hydrogens is 599 g/mol. The number of piperidine rings is 1. The molecule has 0 bridgehead atoms. The number of hydrogen-bond donors (Lipinski definition) is 3. The molecule has 224 valence electrons. The molecule has 1 amide bonds. The molecule has 13 heteroatoms. The van der Waals surface area contributed by atoms with Crippen molar-refractivity contribution in [2.45, 2.75) is 50.2 Å². The lowest BCUT2D eigenvalue weighted by Gasteiger charge is -2.32. The SMILES string of the molecule is Cc1ccc2cccc(OCc3c(Cl)ccc(S(=O)(=O)N4CCC[C@H]4C(=O)NCC4CCN(C(=N)N)CC4)c3Cl)c2n1. The number of likely N-dealkylation sites (tertiary alicyclic amines) is 1. The van der Waals surface area contributed by atoms with E-state index in [4.69, 9.17) is 39.1 Å². The molecular formula is C29H34Cl2N6O4S. The summed E-state index contributed by atoms with van der Waals surface area (Å²) in [6, 6.07) is 11.5. The Morgan fingerprint density at radius 1 is 1.12 bits per heavy atom. The molecule has 5 rings (SSSR count). The van der Waals surface area contributed by atoms with Crippen LogP contribution < -0.4 is 15.8 Å². The average molecular weight is 634 g/mol. The summed E-state index contributed by atoms with van der Waals surface area (Å²) in [5.74, 6) is 0.503. The molecule has 42 heavy (non-hydrogen) atoms. The van der Waals surface area contributed by atoms with Crippen LogP contribution in [-0.4, -0.2) is 66.7 Å². The number of para-hydroxylation sites is 1. The number of amides is 1. The summed E-state index contributed by atoms with van der Waals surface area (Å²) in [5, 5.41) is 11.7. The largest absolute Gasteiger partial charge is 0.487 e. The number of aryl methyl sites for hydroxylation is 1. The van der Waals surface area contributed by atoms with Crippen LogP contribution in [0.15, 0.2) is 47.4 Å². The number of hydrogen-bond acceptors (Lipinski definition) is 6. The van der Waals surface area contributed by atoms with Crippen LogP contribution in [-0.2, 0) is 21.4 Å². The van der Waals surface area contributed by atoms with Gasteiger partial charge in [0.25, 0.3) is 0 Å². The maximum Gasteiger partial charge on any atom is 0.245 e. The van der Waals surface area contributed by atoms with Gasteiger partial charge in [-0.1, -0.05) is 41.4 Å². The molecule has 4 N–H and O–H groups in total. The molecule has 0 spiro atoms. The topological polar surface area (TPSA) is 142 Å². The van der Waals surface area contributed by atoms with Crippen molar-refractivity contribution in [1.82, 2.24) is 19.5 Å². The Balaban J connectivity index is 1.30. The maximum absolute atomic E-state index is 13.9. The van der Waals surface area contributed by atoms with Gasteiger partial charge in [-0.25, -0.2) is 13.4 Å². The Kier molecular flexibility index (Phi) is 9.12. The van der Waals surface area contributed by atoms with E-state index in [2.05, 4.69) is 10.3 Å². The van der Waals surface area contributed by atoms with Crippen molar-refractivity contribution in [2.24, 2.45) is 11.7 Å². The number of pyridine rings is 1. The second-order valence-electron chi connectivity index (χ2n) is 10.7. The fraction of sp³-hybridized carbons (Fsp3) is 0.414. The summed E-state index contributed by atoms with van der Waals surface area (Å²) < 4.78 is 35.0. The van der Waals surface area contributed by atoms with Gasteiger partial charge >= 0.3 is 0 Å². The third-order valence-electron chi connectivity index (χ3n) is 7.96. The van der Waals surface area contributed by atoms with Crippen LogP contribution in [0.2, 0.25) is 10.0 Å². The first-order chi connectivity index (χ1) is 20.1. The van der Waals surface area contributed by atoms with E-state index < -0.39 is 16.1 Å². The number of rotatable bonds is 8. The number of benzene rings is 2. The summed E-state index contributed by atoms with van der Waals surface area (Å²) >= 11 is 13.2. The Morgan fingerprint density at radius 3 is 2.62 bits per heavy atom. The number of aromatic nitrogens is 1. The number of ether oxygens (including phenoxy) is 1. The van der Waals surface area contributed by atoms with Crippen molar-refractivity contribution in [3.05, 3.63) is 63.8 Å². The Labute approximate surface area is 255 Å². The van der Waals surface area contributed by atoms with E-state index in [9.17, 15) is 13.2 Å². The fourth-order valence-corrected chi connectivity index (χ4v) is 8.07. The van der Waals surface area contributed by atoms with Crippen molar-refractivity contribution in [1.29, 1.82) is 5.41 Å². The number of fused-ring (bicyclic) bond motifs is 1. The number of halogens is 2. The van der Waals surface area contributed by atoms with Crippen LogP contribution in [0.5, 0.6) is 5.75 Å². The van der Waals surface area contributed by atoms with E-state index in [1.165, 1.54) is 16.4 Å². The van der Waals surface area contributed by atoms with E-state index >= 15 is 0 Å². The minimum absolute atomic E-state index is 0.0323. The Bertz CT molecular complexity index is 1610. The molecule has 3 aromatic rings. The van der Waals surface area contributed by atoms with Gasteiger partial charge in [0, 0.05) is 47.8 Å². The molecule has 2 saturated heterocycles. The van der Waals surface area contributed by atoms with Gasteiger partial charge in [0.15, 0.2) is 5.96 Å². The average Bonchev–Trinajstić information content (AvgIpc) is 3.47. The molecule has 0 saturated carbocycles. The van der Waals surface area contributed by atoms with Gasteiger partial charge in [0.1, 0.15) is 28.8 Å². The molecule has 1 aromatic heterocycles. The van der Waals surface area contributed by atoms with Crippen LogP contribution >= 0.6 is 23.2 Å². The monoisotopic (exact) mass is 632 g/mol. The zero-order chi connectivity index (χ0) is 30.0. The number of nitrogens with two attached hydrogens (primary N) is 1. The van der Waals surface area contributed by atoms with Gasteiger partial charge < -0.3 is 20.7 Å². The van der Waals surface area contributed by atoms with Crippen molar-refractivity contribution in [3.63, 3.8) is 0 Å². The summed E-state index contributed by atoms with van der Waals surface area (Å²) in [5.41, 5.74) is 7.43. The van der Waals surface area contributed by atoms with Gasteiger partial charge in [-0.3, -0.25) is 10.2 Å². The molecule has 3 heterocycles. The molecule has 0 aliphatic carbocycles. The number of nitrogens with one attached hydrogen (secondary N) is 2. The zero-order valence-corrected chi connectivity index (χ0v) is 25.6. The van der Waals surface area contributed by atoms with Crippen LogP contribution in [0.4, 0.5) is 0 Å². The lowest BCUT2D eigenvalue weighted by molar-refractivity contribution is -0.124. The summed E-state index contributed by atoms with van der Waals surface area (Å²) in [6.45, 7) is 3.81. The summed E-state index contributed by atoms with van der Waals surface area (Å²) in [6.07, 6.45) is 2.57. The number of carbonyl (C=O) groups excluding carboxylic acids is 1. The lowest BCUT2D eigenvalue weighted by atomic mass is 9.97. The van der Waals surface area contributed by atoms with Gasteiger partial charge in [0.2, 0.25) is 15.9 Å². The second kappa shape index (κ2) is 12.6. The van der Waals surface area contributed by atoms with Gasteiger partial charge in [-0.05, 0) is 62.8 Å². The van der Waals surface area contributed by atoms with Gasteiger partial charge in [-0.15, -0.1) is 0 Å². The van der Waals surface area contributed by atoms with Crippen molar-refractivity contribution >= 4 is 56.0 Å². The van der Waals surface area contributed by atoms with E-state index in [0.717, 1.165) is 23.9 Å². The predicted octanol–water partition coefficient (Wildman–Crippen LogP) is 4.30. The van der Waals surface area contributed by atoms with Crippen LogP contribution in [0, 0.1) is 18.3 Å². The normalized spacial score (nSPS) is 18.4. The smallest absolute Gasteiger partial charge is 0.245 e. The minimum atomic E-state index is -4.12. The lowest BCUT2D eigenvalue weighted by Crippen LogP contribution is -2.48. The fourth-order valence-electron chi connectivity index (χ4n) is 5.55. The summed E-state index contributed by atoms with van der Waals surface area (Å²) in [4.78, 5) is 19.4. The number of guanidine groups is 1. The predicted molar refractivity (Wildman–Crippen MR) is 163 cm³/mol. The maximum atomic E-state index is 13.9. The Morgan fingerprint density at radius 2 is 1.88 bits per heavy atom. The van der Waals surface area contributed by atoms with Crippen LogP contribution in [0.3, 0.4) is 0 Å². The van der Waals surface area contributed by atoms with Crippen molar-refractivity contribution in [2.75, 3.05) is 26.2 Å². The van der Waals surface area contributed by atoms with Gasteiger partial charge in [-0.2, -0.15) is 4.31 Å². The third-order valence-corrected chi connectivity index (χ3v) is 10.8. The first-order valence-electron chi connectivity index (χ1n) is 13.9. The molecule has 2 aliphatic heterocycles. The Hall–Kier alpha value is -3.12. The number of nitrogens with zero attached hydrogens (tertiary/aromatic N) is 3. The molecule has 0 unspecified atom stereocenters. The zero-order valence-electron chi connectivity index (χ0n) is 23.3. The molecule has 2 aliphatic rings. The van der Waals surface area contributed by atoms with Crippen molar-refractivity contribution in [3.8, 4) is 5.75 Å². The third kappa shape index (κ3) is 6.29. The highest BCUT2D eigenvalue weighted by molar-refractivity contribution is 7.89. The number of carbonyl (C=O) groups is 1. The van der Waals surface area contributed by atoms with E-state index in [-0.39, 0.29) is 45.9 Å². The van der Waals surface area contributed by atoms with E-state index in [1.54, 1.807) is 11.0 Å². The second-order valence-corrected chi connectivity index (χ2v) is 13.4. The summed E-state index contributed by atoms with van der Waals surface area (Å²) in [7, 11) is -4.12.